The van der Waals surface area contributed by atoms with Gasteiger partial charge in [0.2, 0.25) is 0 Å². The number of hydrogen-bond donors (Lipinski definition) is 2. The average molecular weight is 304 g/mol. The highest BCUT2D eigenvalue weighted by Gasteiger charge is 2.16. The number of nitrogens with zero attached hydrogens (tertiary/aromatic N) is 1. The fraction of sp³-hybridized carbons (Fsp3) is 0.471. The van der Waals surface area contributed by atoms with Gasteiger partial charge in [0.05, 0.1) is 5.69 Å². The van der Waals surface area contributed by atoms with E-state index in [9.17, 15) is 0 Å². The van der Waals surface area contributed by atoms with Crippen molar-refractivity contribution in [3.63, 3.8) is 0 Å². The highest BCUT2D eigenvalue weighted by molar-refractivity contribution is 7.15. The third kappa shape index (κ3) is 4.37. The fourth-order valence-corrected chi connectivity index (χ4v) is 3.58. The molecule has 0 bridgehead atoms. The van der Waals surface area contributed by atoms with Crippen molar-refractivity contribution in [3.8, 4) is 10.6 Å². The van der Waals surface area contributed by atoms with E-state index in [0.717, 1.165) is 23.5 Å². The summed E-state index contributed by atoms with van der Waals surface area (Å²) in [7, 11) is 0. The van der Waals surface area contributed by atoms with E-state index in [1.54, 1.807) is 11.3 Å². The second kappa shape index (κ2) is 7.69. The molecule has 2 rings (SSSR count). The van der Waals surface area contributed by atoms with Crippen molar-refractivity contribution in [3.05, 3.63) is 40.9 Å². The molecule has 0 saturated heterocycles. The van der Waals surface area contributed by atoms with Crippen molar-refractivity contribution >= 4 is 11.3 Å². The molecule has 2 atom stereocenters. The van der Waals surface area contributed by atoms with Gasteiger partial charge in [0.1, 0.15) is 5.01 Å². The van der Waals surface area contributed by atoms with Crippen LogP contribution in [-0.4, -0.2) is 22.7 Å². The number of rotatable bonds is 7. The summed E-state index contributed by atoms with van der Waals surface area (Å²) in [5, 5.41) is 13.6. The zero-order chi connectivity index (χ0) is 15.2. The first kappa shape index (κ1) is 16.1. The van der Waals surface area contributed by atoms with Gasteiger partial charge in [-0.05, 0) is 33.6 Å². The molecule has 1 aromatic heterocycles. The Balaban J connectivity index is 2.08. The Hall–Kier alpha value is -1.23. The van der Waals surface area contributed by atoms with Crippen LogP contribution in [0.3, 0.4) is 0 Å². The Morgan fingerprint density at radius 3 is 2.62 bits per heavy atom. The Bertz CT molecular complexity index is 553. The van der Waals surface area contributed by atoms with E-state index in [-0.39, 0.29) is 12.6 Å². The molecule has 0 aliphatic carbocycles. The largest absolute Gasteiger partial charge is 0.396 e. The van der Waals surface area contributed by atoms with Crippen LogP contribution in [0.15, 0.2) is 30.3 Å². The molecule has 1 heterocycles. The molecule has 3 nitrogen and oxygen atoms in total. The Labute approximate surface area is 131 Å². The quantitative estimate of drug-likeness (QED) is 0.814. The van der Waals surface area contributed by atoms with E-state index in [4.69, 9.17) is 10.1 Å². The number of aliphatic hydroxyl groups is 1. The van der Waals surface area contributed by atoms with Gasteiger partial charge in [-0.2, -0.15) is 0 Å². The summed E-state index contributed by atoms with van der Waals surface area (Å²) in [4.78, 5) is 6.01. The number of hydrogen-bond acceptors (Lipinski definition) is 4. The molecule has 0 aliphatic heterocycles. The van der Waals surface area contributed by atoms with Gasteiger partial charge in [-0.1, -0.05) is 30.3 Å². The molecular formula is C17H24N2OS. The number of aromatic nitrogens is 1. The summed E-state index contributed by atoms with van der Waals surface area (Å²) < 4.78 is 0. The van der Waals surface area contributed by atoms with E-state index in [1.165, 1.54) is 10.4 Å². The summed E-state index contributed by atoms with van der Waals surface area (Å²) in [5.41, 5.74) is 2.28. The molecule has 0 fully saturated rings. The minimum atomic E-state index is 0.262. The van der Waals surface area contributed by atoms with Crippen LogP contribution in [-0.2, 0) is 0 Å². The molecule has 1 aromatic carbocycles. The van der Waals surface area contributed by atoms with E-state index >= 15 is 0 Å². The van der Waals surface area contributed by atoms with Crippen LogP contribution < -0.4 is 5.32 Å². The Morgan fingerprint density at radius 2 is 1.95 bits per heavy atom. The minimum absolute atomic E-state index is 0.262. The first-order valence-corrected chi connectivity index (χ1v) is 8.33. The molecule has 0 spiro atoms. The monoisotopic (exact) mass is 304 g/mol. The SMILES string of the molecule is Cc1nc(-c2ccccc2)sc1C(C)NC(C)CCCO. The van der Waals surface area contributed by atoms with Crippen LogP contribution in [0, 0.1) is 6.92 Å². The van der Waals surface area contributed by atoms with Crippen LogP contribution >= 0.6 is 11.3 Å². The van der Waals surface area contributed by atoms with Crippen LogP contribution in [0.2, 0.25) is 0 Å². The fourth-order valence-electron chi connectivity index (χ4n) is 2.50. The summed E-state index contributed by atoms with van der Waals surface area (Å²) >= 11 is 1.76. The highest BCUT2D eigenvalue weighted by Crippen LogP contribution is 2.31. The first-order valence-electron chi connectivity index (χ1n) is 7.51. The molecule has 0 amide bonds. The van der Waals surface area contributed by atoms with E-state index in [2.05, 4.69) is 38.2 Å². The van der Waals surface area contributed by atoms with Crippen LogP contribution in [0.25, 0.3) is 10.6 Å². The van der Waals surface area contributed by atoms with Crippen molar-refractivity contribution in [2.45, 2.75) is 45.7 Å². The van der Waals surface area contributed by atoms with Crippen molar-refractivity contribution in [1.82, 2.24) is 10.3 Å². The maximum atomic E-state index is 8.90. The maximum absolute atomic E-state index is 8.90. The Morgan fingerprint density at radius 1 is 1.24 bits per heavy atom. The lowest BCUT2D eigenvalue weighted by atomic mass is 10.1. The molecule has 2 aromatic rings. The van der Waals surface area contributed by atoms with Crippen molar-refractivity contribution in [2.75, 3.05) is 6.61 Å². The standard InChI is InChI=1S/C17H24N2OS/c1-12(8-7-11-20)18-13(2)16-14(3)19-17(21-16)15-9-5-4-6-10-15/h4-6,9-10,12-13,18,20H,7-8,11H2,1-3H3. The van der Waals surface area contributed by atoms with Gasteiger partial charge in [0, 0.05) is 29.1 Å². The topological polar surface area (TPSA) is 45.2 Å². The van der Waals surface area contributed by atoms with Gasteiger partial charge in [0.15, 0.2) is 0 Å². The molecule has 0 aliphatic rings. The predicted octanol–water partition coefficient (Wildman–Crippen LogP) is 3.93. The van der Waals surface area contributed by atoms with Crippen LogP contribution in [0.1, 0.15) is 43.3 Å². The van der Waals surface area contributed by atoms with Crippen molar-refractivity contribution < 1.29 is 5.11 Å². The Kier molecular flexibility index (Phi) is 5.91. The third-order valence-corrected chi connectivity index (χ3v) is 4.97. The van der Waals surface area contributed by atoms with Gasteiger partial charge in [0.25, 0.3) is 0 Å². The first-order chi connectivity index (χ1) is 10.1. The second-order valence-electron chi connectivity index (χ2n) is 5.49. The highest BCUT2D eigenvalue weighted by atomic mass is 32.1. The zero-order valence-corrected chi connectivity index (χ0v) is 13.8. The predicted molar refractivity (Wildman–Crippen MR) is 89.6 cm³/mol. The normalized spacial score (nSPS) is 14.1. The third-order valence-electron chi connectivity index (χ3n) is 3.58. The molecule has 2 unspecified atom stereocenters. The maximum Gasteiger partial charge on any atom is 0.123 e. The average Bonchev–Trinajstić information content (AvgIpc) is 2.88. The van der Waals surface area contributed by atoms with E-state index in [0.29, 0.717) is 6.04 Å². The number of aliphatic hydroxyl groups excluding tert-OH is 1. The van der Waals surface area contributed by atoms with Gasteiger partial charge >= 0.3 is 0 Å². The number of nitrogens with one attached hydrogen (secondary N) is 1. The molecular weight excluding hydrogens is 280 g/mol. The van der Waals surface area contributed by atoms with Gasteiger partial charge in [-0.25, -0.2) is 4.98 Å². The lowest BCUT2D eigenvalue weighted by molar-refractivity contribution is 0.274. The number of thiazole rings is 1. The molecule has 21 heavy (non-hydrogen) atoms. The van der Waals surface area contributed by atoms with Gasteiger partial charge in [-0.15, -0.1) is 11.3 Å². The molecule has 2 N–H and O–H groups in total. The molecule has 0 saturated carbocycles. The van der Waals surface area contributed by atoms with E-state index in [1.807, 2.05) is 18.2 Å². The van der Waals surface area contributed by atoms with Crippen LogP contribution in [0.4, 0.5) is 0 Å². The van der Waals surface area contributed by atoms with E-state index < -0.39 is 0 Å². The molecule has 0 radical (unpaired) electrons. The van der Waals surface area contributed by atoms with Gasteiger partial charge in [-0.3, -0.25) is 0 Å². The summed E-state index contributed by atoms with van der Waals surface area (Å²) in [6, 6.07) is 11.0. The number of aryl methyl sites for hydroxylation is 1. The smallest absolute Gasteiger partial charge is 0.123 e. The van der Waals surface area contributed by atoms with Gasteiger partial charge < -0.3 is 10.4 Å². The van der Waals surface area contributed by atoms with Crippen molar-refractivity contribution in [1.29, 1.82) is 0 Å². The van der Waals surface area contributed by atoms with Crippen LogP contribution in [0.5, 0.6) is 0 Å². The summed E-state index contributed by atoms with van der Waals surface area (Å²) in [6.45, 7) is 6.69. The lowest BCUT2D eigenvalue weighted by Crippen LogP contribution is -2.29. The number of benzene rings is 1. The lowest BCUT2D eigenvalue weighted by Gasteiger charge is -2.19. The zero-order valence-electron chi connectivity index (χ0n) is 13.0. The summed E-state index contributed by atoms with van der Waals surface area (Å²) in [5.74, 6) is 0. The second-order valence-corrected chi connectivity index (χ2v) is 6.52. The van der Waals surface area contributed by atoms with Crippen molar-refractivity contribution in [2.24, 2.45) is 0 Å². The minimum Gasteiger partial charge on any atom is -0.396 e. The summed E-state index contributed by atoms with van der Waals surface area (Å²) in [6.07, 6.45) is 1.84. The molecule has 4 heteroatoms. The molecule has 114 valence electrons.